The van der Waals surface area contributed by atoms with E-state index >= 15 is 0 Å². The molecule has 1 unspecified atom stereocenters. The van der Waals surface area contributed by atoms with Crippen LogP contribution in [0.1, 0.15) is 24.1 Å². The number of esters is 1. The molecule has 0 amide bonds. The highest BCUT2D eigenvalue weighted by Crippen LogP contribution is 2.36. The monoisotopic (exact) mass is 494 g/mol. The molecule has 0 spiro atoms. The lowest BCUT2D eigenvalue weighted by atomic mass is 9.95. The molecule has 35 heavy (non-hydrogen) atoms. The number of halogens is 1. The lowest BCUT2D eigenvalue weighted by Gasteiger charge is -2.25. The van der Waals surface area contributed by atoms with Crippen LogP contribution in [0.25, 0.3) is 6.08 Å². The van der Waals surface area contributed by atoms with Crippen LogP contribution in [0.5, 0.6) is 11.5 Å². The molecule has 0 saturated heterocycles. The van der Waals surface area contributed by atoms with E-state index in [1.165, 1.54) is 37.0 Å². The molecule has 9 heteroatoms. The first-order valence-corrected chi connectivity index (χ1v) is 11.5. The van der Waals surface area contributed by atoms with E-state index in [2.05, 4.69) is 11.6 Å². The third-order valence-corrected chi connectivity index (χ3v) is 6.47. The SMILES string of the molecule is C=CCOC(=O)C1=C(C)N=c2s/c(=C/c3ccccc3F)c(=O)n2C1c1ccc(OC)c(OC)c1. The molecule has 180 valence electrons. The number of nitrogens with zero attached hydrogens (tertiary/aromatic N) is 2. The number of thiazole rings is 1. The van der Waals surface area contributed by atoms with Gasteiger partial charge < -0.3 is 14.2 Å². The minimum absolute atomic E-state index is 0.00592. The second-order valence-corrected chi connectivity index (χ2v) is 8.61. The number of hydrogen-bond acceptors (Lipinski definition) is 7. The van der Waals surface area contributed by atoms with Gasteiger partial charge >= 0.3 is 5.97 Å². The Kier molecular flexibility index (Phi) is 6.97. The summed E-state index contributed by atoms with van der Waals surface area (Å²) < 4.78 is 32.1. The third kappa shape index (κ3) is 4.54. The zero-order valence-electron chi connectivity index (χ0n) is 19.4. The third-order valence-electron chi connectivity index (χ3n) is 5.49. The fourth-order valence-corrected chi connectivity index (χ4v) is 4.90. The summed E-state index contributed by atoms with van der Waals surface area (Å²) in [5.74, 6) is -0.124. The van der Waals surface area contributed by atoms with Crippen molar-refractivity contribution in [3.05, 3.63) is 103 Å². The largest absolute Gasteiger partial charge is 0.493 e. The van der Waals surface area contributed by atoms with Crippen LogP contribution in [0.4, 0.5) is 4.39 Å². The van der Waals surface area contributed by atoms with E-state index in [4.69, 9.17) is 14.2 Å². The average molecular weight is 495 g/mol. The molecule has 0 saturated carbocycles. The van der Waals surface area contributed by atoms with E-state index in [1.807, 2.05) is 0 Å². The van der Waals surface area contributed by atoms with Crippen molar-refractivity contribution in [1.29, 1.82) is 0 Å². The van der Waals surface area contributed by atoms with Gasteiger partial charge in [0.25, 0.3) is 5.56 Å². The molecule has 1 aromatic heterocycles. The van der Waals surface area contributed by atoms with Gasteiger partial charge in [0, 0.05) is 5.56 Å². The molecular formula is C26H23FN2O5S. The first kappa shape index (κ1) is 24.2. The maximum Gasteiger partial charge on any atom is 0.338 e. The van der Waals surface area contributed by atoms with Crippen molar-refractivity contribution < 1.29 is 23.4 Å². The van der Waals surface area contributed by atoms with Crippen molar-refractivity contribution in [1.82, 2.24) is 4.57 Å². The maximum atomic E-state index is 14.3. The summed E-state index contributed by atoms with van der Waals surface area (Å²) in [6.07, 6.45) is 2.95. The molecular weight excluding hydrogens is 471 g/mol. The van der Waals surface area contributed by atoms with Crippen molar-refractivity contribution in [2.75, 3.05) is 20.8 Å². The Morgan fingerprint density at radius 1 is 1.20 bits per heavy atom. The maximum absolute atomic E-state index is 14.3. The fraction of sp³-hybridized carbons (Fsp3) is 0.192. The van der Waals surface area contributed by atoms with Crippen molar-refractivity contribution in [2.24, 2.45) is 4.99 Å². The first-order valence-electron chi connectivity index (χ1n) is 10.7. The van der Waals surface area contributed by atoms with Crippen LogP contribution in [0, 0.1) is 5.82 Å². The summed E-state index contributed by atoms with van der Waals surface area (Å²) in [6, 6.07) is 10.5. The smallest absolute Gasteiger partial charge is 0.338 e. The van der Waals surface area contributed by atoms with Crippen LogP contribution in [0.15, 0.2) is 76.2 Å². The second kappa shape index (κ2) is 10.1. The van der Waals surface area contributed by atoms with Crippen LogP contribution in [-0.2, 0) is 9.53 Å². The number of rotatable bonds is 7. The van der Waals surface area contributed by atoms with E-state index < -0.39 is 23.4 Å². The van der Waals surface area contributed by atoms with Gasteiger partial charge in [0.15, 0.2) is 16.3 Å². The van der Waals surface area contributed by atoms with E-state index in [0.29, 0.717) is 27.6 Å². The lowest BCUT2D eigenvalue weighted by Crippen LogP contribution is -2.40. The Hall–Kier alpha value is -3.98. The van der Waals surface area contributed by atoms with Crippen LogP contribution in [0.2, 0.25) is 0 Å². The molecule has 1 aliphatic heterocycles. The molecule has 0 bridgehead atoms. The molecule has 7 nitrogen and oxygen atoms in total. The van der Waals surface area contributed by atoms with Crippen molar-refractivity contribution in [2.45, 2.75) is 13.0 Å². The summed E-state index contributed by atoms with van der Waals surface area (Å²) in [5, 5.41) is 0. The van der Waals surface area contributed by atoms with Gasteiger partial charge in [0.05, 0.1) is 36.1 Å². The quantitative estimate of drug-likeness (QED) is 0.373. The summed E-state index contributed by atoms with van der Waals surface area (Å²) in [6.45, 7) is 5.27. The van der Waals surface area contributed by atoms with Crippen LogP contribution < -0.4 is 24.4 Å². The highest BCUT2D eigenvalue weighted by atomic mass is 32.1. The Morgan fingerprint density at radius 3 is 2.63 bits per heavy atom. The molecule has 4 rings (SSSR count). The molecule has 1 atom stereocenters. The van der Waals surface area contributed by atoms with Crippen molar-refractivity contribution in [3.8, 4) is 11.5 Å². The fourth-order valence-electron chi connectivity index (χ4n) is 3.87. The predicted molar refractivity (Wildman–Crippen MR) is 131 cm³/mol. The average Bonchev–Trinajstić information content (AvgIpc) is 3.16. The summed E-state index contributed by atoms with van der Waals surface area (Å²) >= 11 is 1.12. The Balaban J connectivity index is 1.97. The Labute approximate surface area is 204 Å². The van der Waals surface area contributed by atoms with Gasteiger partial charge in [-0.2, -0.15) is 0 Å². The van der Waals surface area contributed by atoms with E-state index in [-0.39, 0.29) is 22.3 Å². The normalized spacial score (nSPS) is 15.3. The Morgan fingerprint density at radius 2 is 1.94 bits per heavy atom. The standard InChI is InChI=1S/C26H23FN2O5S/c1-5-12-34-25(31)22-15(2)28-26-29(23(22)17-10-11-19(32-3)20(13-17)33-4)24(30)21(35-26)14-16-8-6-7-9-18(16)27/h5-11,13-14,23H,1,12H2,2-4H3/b21-14+. The lowest BCUT2D eigenvalue weighted by molar-refractivity contribution is -0.138. The molecule has 3 aromatic rings. The number of fused-ring (bicyclic) bond motifs is 1. The van der Waals surface area contributed by atoms with Crippen molar-refractivity contribution >= 4 is 23.4 Å². The van der Waals surface area contributed by atoms with Crippen LogP contribution >= 0.6 is 11.3 Å². The van der Waals surface area contributed by atoms with Gasteiger partial charge in [-0.25, -0.2) is 14.2 Å². The van der Waals surface area contributed by atoms with Gasteiger partial charge in [0.1, 0.15) is 12.4 Å². The number of allylic oxidation sites excluding steroid dienone is 1. The van der Waals surface area contributed by atoms with E-state index in [0.717, 1.165) is 11.3 Å². The minimum Gasteiger partial charge on any atom is -0.493 e. The molecule has 0 radical (unpaired) electrons. The summed E-state index contributed by atoms with van der Waals surface area (Å²) in [4.78, 5) is 31.6. The number of ether oxygens (including phenoxy) is 3. The molecule has 1 aliphatic rings. The zero-order chi connectivity index (χ0) is 25.1. The predicted octanol–water partition coefficient (Wildman–Crippen LogP) is 3.12. The van der Waals surface area contributed by atoms with Crippen molar-refractivity contribution in [3.63, 3.8) is 0 Å². The molecule has 2 aromatic carbocycles. The number of aromatic nitrogens is 1. The van der Waals surface area contributed by atoms with Crippen LogP contribution in [-0.4, -0.2) is 31.4 Å². The second-order valence-electron chi connectivity index (χ2n) is 7.60. The molecule has 0 aliphatic carbocycles. The summed E-state index contributed by atoms with van der Waals surface area (Å²) in [5.41, 5.74) is 1.10. The number of carbonyl (C=O) groups excluding carboxylic acids is 1. The van der Waals surface area contributed by atoms with Gasteiger partial charge in [-0.1, -0.05) is 48.3 Å². The first-order chi connectivity index (χ1) is 16.9. The molecule has 2 heterocycles. The number of carbonyl (C=O) groups is 1. The van der Waals surface area contributed by atoms with E-state index in [9.17, 15) is 14.0 Å². The zero-order valence-corrected chi connectivity index (χ0v) is 20.2. The van der Waals surface area contributed by atoms with Gasteiger partial charge in [0.2, 0.25) is 0 Å². The van der Waals surface area contributed by atoms with E-state index in [1.54, 1.807) is 43.3 Å². The van der Waals surface area contributed by atoms with Gasteiger partial charge in [-0.05, 0) is 36.8 Å². The minimum atomic E-state index is -0.842. The van der Waals surface area contributed by atoms with Gasteiger partial charge in [-0.15, -0.1) is 0 Å². The van der Waals surface area contributed by atoms with Gasteiger partial charge in [-0.3, -0.25) is 9.36 Å². The van der Waals surface area contributed by atoms with Crippen LogP contribution in [0.3, 0.4) is 0 Å². The highest BCUT2D eigenvalue weighted by Gasteiger charge is 2.34. The topological polar surface area (TPSA) is 79.1 Å². The summed E-state index contributed by atoms with van der Waals surface area (Å²) in [7, 11) is 3.02. The number of hydrogen-bond donors (Lipinski definition) is 0. The number of benzene rings is 2. The molecule has 0 fully saturated rings. The Bertz CT molecular complexity index is 1520. The highest BCUT2D eigenvalue weighted by molar-refractivity contribution is 7.07. The number of methoxy groups -OCH3 is 2. The molecule has 0 N–H and O–H groups in total.